The summed E-state index contributed by atoms with van der Waals surface area (Å²) in [6.45, 7) is 4.08. The van der Waals surface area contributed by atoms with Gasteiger partial charge in [0, 0.05) is 12.8 Å². The minimum Gasteiger partial charge on any atom is -0.431 e. The zero-order chi connectivity index (χ0) is 11.8. The van der Waals surface area contributed by atoms with E-state index in [2.05, 4.69) is 6.92 Å². The van der Waals surface area contributed by atoms with Crippen LogP contribution in [0.2, 0.25) is 0 Å². The molecule has 1 aliphatic carbocycles. The lowest BCUT2D eigenvalue weighted by Gasteiger charge is -2.09. The second-order valence-electron chi connectivity index (χ2n) is 4.60. The number of allylic oxidation sites excluding steroid dienone is 2. The third-order valence-electron chi connectivity index (χ3n) is 3.26. The second-order valence-corrected chi connectivity index (χ2v) is 4.60. The van der Waals surface area contributed by atoms with Gasteiger partial charge in [-0.2, -0.15) is 0 Å². The highest BCUT2D eigenvalue weighted by molar-refractivity contribution is 5.70. The molecule has 1 fully saturated rings. The largest absolute Gasteiger partial charge is 0.431 e. The summed E-state index contributed by atoms with van der Waals surface area (Å²) in [5.74, 6) is 1.56. The molecule has 16 heavy (non-hydrogen) atoms. The van der Waals surface area contributed by atoms with Crippen molar-refractivity contribution in [2.24, 2.45) is 5.92 Å². The van der Waals surface area contributed by atoms with Gasteiger partial charge in [-0.3, -0.25) is 4.79 Å². The maximum absolute atomic E-state index is 11.6. The zero-order valence-corrected chi connectivity index (χ0v) is 10.6. The number of rotatable bonds is 6. The fourth-order valence-corrected chi connectivity index (χ4v) is 2.30. The Hall–Kier alpha value is -0.790. The first kappa shape index (κ1) is 13.3. The lowest BCUT2D eigenvalue weighted by atomic mass is 10.0. The molecular weight excluding hydrogens is 200 g/mol. The lowest BCUT2D eigenvalue weighted by molar-refractivity contribution is -0.140. The Morgan fingerprint density at radius 3 is 2.56 bits per heavy atom. The van der Waals surface area contributed by atoms with Gasteiger partial charge < -0.3 is 4.74 Å². The monoisotopic (exact) mass is 224 g/mol. The van der Waals surface area contributed by atoms with Gasteiger partial charge in [-0.05, 0) is 24.8 Å². The van der Waals surface area contributed by atoms with Crippen LogP contribution in [0.25, 0.3) is 0 Å². The van der Waals surface area contributed by atoms with Crippen LogP contribution in [0.3, 0.4) is 0 Å². The Kier molecular flexibility index (Phi) is 6.20. The molecule has 0 N–H and O–H groups in total. The summed E-state index contributed by atoms with van der Waals surface area (Å²) < 4.78 is 5.32. The van der Waals surface area contributed by atoms with Crippen molar-refractivity contribution in [3.05, 3.63) is 11.8 Å². The topological polar surface area (TPSA) is 26.3 Å². The minimum atomic E-state index is -0.0477. The van der Waals surface area contributed by atoms with Crippen molar-refractivity contribution in [1.82, 2.24) is 0 Å². The smallest absolute Gasteiger partial charge is 0.310 e. The molecule has 2 nitrogen and oxygen atoms in total. The van der Waals surface area contributed by atoms with Crippen molar-refractivity contribution < 1.29 is 9.53 Å². The third-order valence-corrected chi connectivity index (χ3v) is 3.26. The summed E-state index contributed by atoms with van der Waals surface area (Å²) in [5, 5.41) is 0. The number of ether oxygens (including phenoxy) is 1. The van der Waals surface area contributed by atoms with Crippen molar-refractivity contribution in [3.8, 4) is 0 Å². The van der Waals surface area contributed by atoms with Crippen LogP contribution in [0, 0.1) is 5.92 Å². The van der Waals surface area contributed by atoms with Crippen molar-refractivity contribution in [2.45, 2.75) is 65.2 Å². The Balaban J connectivity index is 2.21. The Labute approximate surface area is 99.1 Å². The van der Waals surface area contributed by atoms with Gasteiger partial charge in [0.15, 0.2) is 0 Å². The van der Waals surface area contributed by atoms with Gasteiger partial charge in [0.25, 0.3) is 0 Å². The molecule has 0 aromatic rings. The fraction of sp³-hybridized carbons (Fsp3) is 0.786. The molecule has 0 saturated heterocycles. The van der Waals surface area contributed by atoms with E-state index in [1.54, 1.807) is 0 Å². The zero-order valence-electron chi connectivity index (χ0n) is 10.6. The van der Waals surface area contributed by atoms with E-state index in [0.29, 0.717) is 6.42 Å². The minimum absolute atomic E-state index is 0.0477. The summed E-state index contributed by atoms with van der Waals surface area (Å²) in [5.41, 5.74) is 0. The Bertz CT molecular complexity index is 237. The van der Waals surface area contributed by atoms with Crippen LogP contribution < -0.4 is 0 Å². The standard InChI is InChI=1S/C14H24O2/c1-3-7-13(4-2)16-14(15)11-10-12-8-5-6-9-12/h7,12H,3-6,8-11H2,1-2H3/b13-7-. The summed E-state index contributed by atoms with van der Waals surface area (Å²) in [7, 11) is 0. The van der Waals surface area contributed by atoms with Gasteiger partial charge in [0.1, 0.15) is 5.76 Å². The van der Waals surface area contributed by atoms with Crippen LogP contribution in [0.5, 0.6) is 0 Å². The highest BCUT2D eigenvalue weighted by Gasteiger charge is 2.16. The van der Waals surface area contributed by atoms with Gasteiger partial charge in [-0.1, -0.05) is 39.5 Å². The molecule has 0 aromatic heterocycles. The average Bonchev–Trinajstić information content (AvgIpc) is 2.78. The molecule has 0 spiro atoms. The molecule has 0 heterocycles. The van der Waals surface area contributed by atoms with E-state index < -0.39 is 0 Å². The Morgan fingerprint density at radius 1 is 1.31 bits per heavy atom. The number of hydrogen-bond donors (Lipinski definition) is 0. The molecule has 1 saturated carbocycles. The first-order chi connectivity index (χ1) is 7.76. The van der Waals surface area contributed by atoms with Gasteiger partial charge in [-0.25, -0.2) is 0 Å². The average molecular weight is 224 g/mol. The Morgan fingerprint density at radius 2 is 2.00 bits per heavy atom. The second kappa shape index (κ2) is 7.48. The number of carbonyl (C=O) groups excluding carboxylic acids is 1. The van der Waals surface area contributed by atoms with Gasteiger partial charge in [0.2, 0.25) is 0 Å². The van der Waals surface area contributed by atoms with Crippen LogP contribution in [0.4, 0.5) is 0 Å². The SMILES string of the molecule is CC/C=C(/CC)OC(=O)CCC1CCCC1. The molecule has 0 atom stereocenters. The molecule has 1 aliphatic rings. The van der Waals surface area contributed by atoms with E-state index in [1.807, 2.05) is 13.0 Å². The molecule has 0 aliphatic heterocycles. The van der Waals surface area contributed by atoms with E-state index in [1.165, 1.54) is 25.7 Å². The quantitative estimate of drug-likeness (QED) is 0.499. The van der Waals surface area contributed by atoms with Crippen molar-refractivity contribution in [2.75, 3.05) is 0 Å². The number of esters is 1. The maximum Gasteiger partial charge on any atom is 0.310 e. The summed E-state index contributed by atoms with van der Waals surface area (Å²) in [4.78, 5) is 11.6. The lowest BCUT2D eigenvalue weighted by Crippen LogP contribution is -2.06. The predicted molar refractivity (Wildman–Crippen MR) is 65.9 cm³/mol. The molecule has 0 radical (unpaired) electrons. The first-order valence-corrected chi connectivity index (χ1v) is 6.66. The van der Waals surface area contributed by atoms with Gasteiger partial charge in [-0.15, -0.1) is 0 Å². The van der Waals surface area contributed by atoms with Crippen molar-refractivity contribution in [1.29, 1.82) is 0 Å². The molecule has 0 amide bonds. The molecule has 92 valence electrons. The molecule has 0 bridgehead atoms. The van der Waals surface area contributed by atoms with Gasteiger partial charge >= 0.3 is 5.97 Å². The van der Waals surface area contributed by atoms with E-state index in [9.17, 15) is 4.79 Å². The van der Waals surface area contributed by atoms with E-state index in [4.69, 9.17) is 4.74 Å². The highest BCUT2D eigenvalue weighted by atomic mass is 16.5. The van der Waals surface area contributed by atoms with Crippen LogP contribution in [0.15, 0.2) is 11.8 Å². The van der Waals surface area contributed by atoms with E-state index >= 15 is 0 Å². The molecule has 2 heteroatoms. The molecular formula is C14H24O2. The van der Waals surface area contributed by atoms with Crippen LogP contribution in [-0.2, 0) is 9.53 Å². The molecule has 1 rings (SSSR count). The summed E-state index contributed by atoms with van der Waals surface area (Å²) in [6, 6.07) is 0. The number of hydrogen-bond acceptors (Lipinski definition) is 2. The first-order valence-electron chi connectivity index (χ1n) is 6.66. The van der Waals surface area contributed by atoms with Gasteiger partial charge in [0.05, 0.1) is 0 Å². The third kappa shape index (κ3) is 4.82. The summed E-state index contributed by atoms with van der Waals surface area (Å²) in [6.07, 6.45) is 10.6. The van der Waals surface area contributed by atoms with Crippen LogP contribution >= 0.6 is 0 Å². The normalized spacial score (nSPS) is 17.8. The van der Waals surface area contributed by atoms with Crippen LogP contribution in [0.1, 0.15) is 65.2 Å². The maximum atomic E-state index is 11.6. The van der Waals surface area contributed by atoms with Crippen molar-refractivity contribution >= 4 is 5.97 Å². The molecule has 0 unspecified atom stereocenters. The molecule has 0 aromatic carbocycles. The van der Waals surface area contributed by atoms with Crippen LogP contribution in [-0.4, -0.2) is 5.97 Å². The highest BCUT2D eigenvalue weighted by Crippen LogP contribution is 2.28. The fourth-order valence-electron chi connectivity index (χ4n) is 2.30. The summed E-state index contributed by atoms with van der Waals surface area (Å²) >= 11 is 0. The number of carbonyl (C=O) groups is 1. The van der Waals surface area contributed by atoms with Crippen molar-refractivity contribution in [3.63, 3.8) is 0 Å². The van der Waals surface area contributed by atoms with E-state index in [0.717, 1.165) is 30.9 Å². The van der Waals surface area contributed by atoms with E-state index in [-0.39, 0.29) is 5.97 Å². The predicted octanol–water partition coefficient (Wildman–Crippen LogP) is 4.20.